The predicted molar refractivity (Wildman–Crippen MR) is 97.4 cm³/mol. The molecule has 0 atom stereocenters. The molecule has 0 heterocycles. The minimum atomic E-state index is -0.512. The largest absolute Gasteiger partial charge is 0.484 e. The van der Waals surface area contributed by atoms with Crippen LogP contribution in [0, 0.1) is 28.4 Å². The number of hydrogen-bond donors (Lipinski definition) is 0. The predicted octanol–water partition coefficient (Wildman–Crippen LogP) is 3.88. The van der Waals surface area contributed by atoms with E-state index in [4.69, 9.17) is 21.6 Å². The normalized spacial score (nSPS) is 10.0. The fourth-order valence-electron chi connectivity index (χ4n) is 2.24. The number of aryl methyl sites for hydroxylation is 1. The number of anilines is 1. The van der Waals surface area contributed by atoms with Crippen LogP contribution in [0.5, 0.6) is 5.75 Å². The van der Waals surface area contributed by atoms with Crippen molar-refractivity contribution in [3.63, 3.8) is 0 Å². The van der Waals surface area contributed by atoms with Gasteiger partial charge in [0.1, 0.15) is 5.75 Å². The van der Waals surface area contributed by atoms with Crippen molar-refractivity contribution < 1.29 is 14.5 Å². The average Bonchev–Trinajstić information content (AvgIpc) is 2.63. The van der Waals surface area contributed by atoms with E-state index >= 15 is 0 Å². The van der Waals surface area contributed by atoms with Gasteiger partial charge in [-0.25, -0.2) is 0 Å². The lowest BCUT2D eigenvalue weighted by atomic mass is 10.2. The van der Waals surface area contributed by atoms with Gasteiger partial charge in [0.2, 0.25) is 0 Å². The van der Waals surface area contributed by atoms with E-state index in [1.54, 1.807) is 18.2 Å². The van der Waals surface area contributed by atoms with Crippen LogP contribution in [0.4, 0.5) is 11.4 Å². The summed E-state index contributed by atoms with van der Waals surface area (Å²) in [5, 5.41) is 20.1. The molecular formula is C18H16ClN3O4. The lowest BCUT2D eigenvalue weighted by molar-refractivity contribution is -0.384. The summed E-state index contributed by atoms with van der Waals surface area (Å²) in [4.78, 5) is 24.1. The number of ether oxygens (including phenoxy) is 1. The summed E-state index contributed by atoms with van der Waals surface area (Å²) in [5.74, 6) is 0.0109. The number of non-ortho nitro benzene ring substituents is 1. The summed E-state index contributed by atoms with van der Waals surface area (Å²) in [5.41, 5.74) is 1.38. The zero-order chi connectivity index (χ0) is 19.1. The molecule has 0 spiro atoms. The molecule has 8 heteroatoms. The SMILES string of the molecule is Cc1cc(N(CCC#N)C(=O)COc2ccc([N+](=O)[O-])cc2)ccc1Cl. The maximum Gasteiger partial charge on any atom is 0.269 e. The molecule has 0 bridgehead atoms. The zero-order valence-corrected chi connectivity index (χ0v) is 14.8. The van der Waals surface area contributed by atoms with Gasteiger partial charge in [0, 0.05) is 29.4 Å². The van der Waals surface area contributed by atoms with E-state index < -0.39 is 4.92 Å². The van der Waals surface area contributed by atoms with E-state index in [-0.39, 0.29) is 31.2 Å². The molecule has 2 aromatic carbocycles. The number of nitro groups is 1. The minimum Gasteiger partial charge on any atom is -0.484 e. The van der Waals surface area contributed by atoms with E-state index in [9.17, 15) is 14.9 Å². The number of carbonyl (C=O) groups excluding carboxylic acids is 1. The molecule has 134 valence electrons. The monoisotopic (exact) mass is 373 g/mol. The van der Waals surface area contributed by atoms with Crippen molar-refractivity contribution in [1.82, 2.24) is 0 Å². The lowest BCUT2D eigenvalue weighted by Gasteiger charge is -2.22. The molecule has 0 aliphatic carbocycles. The van der Waals surface area contributed by atoms with Gasteiger partial charge in [-0.3, -0.25) is 14.9 Å². The summed E-state index contributed by atoms with van der Waals surface area (Å²) in [6.45, 7) is 1.79. The fourth-order valence-corrected chi connectivity index (χ4v) is 2.36. The highest BCUT2D eigenvalue weighted by Gasteiger charge is 2.17. The first-order valence-corrected chi connectivity index (χ1v) is 8.11. The first-order valence-electron chi connectivity index (χ1n) is 7.73. The van der Waals surface area contributed by atoms with Crippen molar-refractivity contribution in [3.05, 3.63) is 63.2 Å². The average molecular weight is 374 g/mol. The summed E-state index contributed by atoms with van der Waals surface area (Å²) in [6.07, 6.45) is 0.172. The van der Waals surface area contributed by atoms with E-state index in [1.165, 1.54) is 29.2 Å². The van der Waals surface area contributed by atoms with Crippen LogP contribution in [0.3, 0.4) is 0 Å². The van der Waals surface area contributed by atoms with Crippen molar-refractivity contribution in [2.45, 2.75) is 13.3 Å². The first-order chi connectivity index (χ1) is 12.4. The Labute approximate surface area is 155 Å². The van der Waals surface area contributed by atoms with Crippen molar-refractivity contribution in [3.8, 4) is 11.8 Å². The molecule has 0 radical (unpaired) electrons. The quantitative estimate of drug-likeness (QED) is 0.542. The molecule has 1 amide bonds. The van der Waals surface area contributed by atoms with Crippen LogP contribution in [0.2, 0.25) is 5.02 Å². The number of carbonyl (C=O) groups is 1. The highest BCUT2D eigenvalue weighted by atomic mass is 35.5. The zero-order valence-electron chi connectivity index (χ0n) is 14.0. The molecule has 26 heavy (non-hydrogen) atoms. The topological polar surface area (TPSA) is 96.5 Å². The van der Waals surface area contributed by atoms with Crippen LogP contribution in [0.15, 0.2) is 42.5 Å². The Kier molecular flexibility index (Phi) is 6.53. The highest BCUT2D eigenvalue weighted by Crippen LogP contribution is 2.23. The van der Waals surface area contributed by atoms with Gasteiger partial charge >= 0.3 is 0 Å². The molecule has 7 nitrogen and oxygen atoms in total. The van der Waals surface area contributed by atoms with Crippen LogP contribution in [-0.4, -0.2) is 24.0 Å². The lowest BCUT2D eigenvalue weighted by Crippen LogP contribution is -2.35. The Bertz CT molecular complexity index is 847. The maximum absolute atomic E-state index is 12.5. The molecule has 0 N–H and O–H groups in total. The summed E-state index contributed by atoms with van der Waals surface area (Å²) < 4.78 is 5.42. The van der Waals surface area contributed by atoms with Crippen molar-refractivity contribution in [1.29, 1.82) is 5.26 Å². The maximum atomic E-state index is 12.5. The molecule has 0 saturated heterocycles. The Morgan fingerprint density at radius 2 is 2.00 bits per heavy atom. The van der Waals surface area contributed by atoms with Gasteiger partial charge in [0.25, 0.3) is 11.6 Å². The van der Waals surface area contributed by atoms with Crippen LogP contribution < -0.4 is 9.64 Å². The Morgan fingerprint density at radius 1 is 1.31 bits per heavy atom. The number of nitrogens with zero attached hydrogens (tertiary/aromatic N) is 3. The number of rotatable bonds is 7. The number of nitro benzene ring substituents is 1. The van der Waals surface area contributed by atoms with Gasteiger partial charge < -0.3 is 9.64 Å². The van der Waals surface area contributed by atoms with Gasteiger partial charge in [0.05, 0.1) is 17.4 Å². The van der Waals surface area contributed by atoms with E-state index in [2.05, 4.69) is 0 Å². The second-order valence-electron chi connectivity index (χ2n) is 5.43. The number of nitriles is 1. The van der Waals surface area contributed by atoms with Crippen molar-refractivity contribution in [2.24, 2.45) is 0 Å². The first kappa shape index (κ1) is 19.2. The standard InChI is InChI=1S/C18H16ClN3O4/c1-13-11-15(5-8-17(13)19)21(10-2-9-20)18(23)12-26-16-6-3-14(4-7-16)22(24)25/h3-8,11H,2,10,12H2,1H3. The number of benzene rings is 2. The molecular weight excluding hydrogens is 358 g/mol. The second-order valence-corrected chi connectivity index (χ2v) is 5.83. The molecule has 2 aromatic rings. The third-order valence-electron chi connectivity index (χ3n) is 3.61. The van der Waals surface area contributed by atoms with E-state index in [0.29, 0.717) is 16.5 Å². The van der Waals surface area contributed by atoms with Crippen molar-refractivity contribution in [2.75, 3.05) is 18.1 Å². The summed E-state index contributed by atoms with van der Waals surface area (Å²) in [6, 6.07) is 12.6. The molecule has 0 saturated carbocycles. The summed E-state index contributed by atoms with van der Waals surface area (Å²) >= 11 is 6.02. The number of halogens is 1. The number of hydrogen-bond acceptors (Lipinski definition) is 5. The van der Waals surface area contributed by atoms with Crippen molar-refractivity contribution >= 4 is 28.9 Å². The molecule has 0 aliphatic heterocycles. The Morgan fingerprint density at radius 3 is 2.58 bits per heavy atom. The molecule has 0 aromatic heterocycles. The Balaban J connectivity index is 2.09. The highest BCUT2D eigenvalue weighted by molar-refractivity contribution is 6.31. The van der Waals surface area contributed by atoms with E-state index in [1.807, 2.05) is 13.0 Å². The van der Waals surface area contributed by atoms with Crippen LogP contribution in [-0.2, 0) is 4.79 Å². The van der Waals surface area contributed by atoms with E-state index in [0.717, 1.165) is 5.56 Å². The Hall–Kier alpha value is -3.11. The molecule has 0 aliphatic rings. The molecule has 0 fully saturated rings. The smallest absolute Gasteiger partial charge is 0.269 e. The fraction of sp³-hybridized carbons (Fsp3) is 0.222. The van der Waals surface area contributed by atoms with Gasteiger partial charge in [-0.15, -0.1) is 0 Å². The van der Waals surface area contributed by atoms with Crippen LogP contribution in [0.1, 0.15) is 12.0 Å². The van der Waals surface area contributed by atoms with Crippen LogP contribution in [0.25, 0.3) is 0 Å². The van der Waals surface area contributed by atoms with Crippen LogP contribution >= 0.6 is 11.6 Å². The summed E-state index contributed by atoms with van der Waals surface area (Å²) in [7, 11) is 0. The minimum absolute atomic E-state index is 0.0593. The van der Waals surface area contributed by atoms with Gasteiger partial charge in [-0.1, -0.05) is 11.6 Å². The third kappa shape index (κ3) is 4.94. The van der Waals surface area contributed by atoms with Gasteiger partial charge in [-0.05, 0) is 42.8 Å². The van der Waals surface area contributed by atoms with Gasteiger partial charge in [-0.2, -0.15) is 5.26 Å². The molecule has 0 unspecified atom stereocenters. The second kappa shape index (κ2) is 8.83. The van der Waals surface area contributed by atoms with Gasteiger partial charge in [0.15, 0.2) is 6.61 Å². The molecule has 2 rings (SSSR count). The number of amides is 1. The third-order valence-corrected chi connectivity index (χ3v) is 4.04.